The van der Waals surface area contributed by atoms with E-state index in [0.29, 0.717) is 5.76 Å². The Morgan fingerprint density at radius 3 is 3.13 bits per heavy atom. The predicted octanol–water partition coefficient (Wildman–Crippen LogP) is 2.49. The number of hydrogen-bond donors (Lipinski definition) is 0. The molecule has 0 aliphatic rings. The van der Waals surface area contributed by atoms with E-state index in [2.05, 4.69) is 10.0 Å². The maximum absolute atomic E-state index is 11.3. The first kappa shape index (κ1) is 10.9. The van der Waals surface area contributed by atoms with E-state index in [0.717, 1.165) is 0 Å². The van der Waals surface area contributed by atoms with Gasteiger partial charge < -0.3 is 9.15 Å². The van der Waals surface area contributed by atoms with Gasteiger partial charge in [-0.1, -0.05) is 5.11 Å². The second-order valence-corrected chi connectivity index (χ2v) is 2.45. The van der Waals surface area contributed by atoms with Crippen LogP contribution in [0.5, 0.6) is 0 Å². The van der Waals surface area contributed by atoms with Crippen molar-refractivity contribution in [2.24, 2.45) is 5.11 Å². The van der Waals surface area contributed by atoms with E-state index < -0.39 is 5.97 Å². The van der Waals surface area contributed by atoms with Gasteiger partial charge in [0.2, 0.25) is 0 Å². The quantitative estimate of drug-likeness (QED) is 0.250. The molecule has 0 amide bonds. The van der Waals surface area contributed by atoms with E-state index in [-0.39, 0.29) is 12.3 Å². The lowest BCUT2D eigenvalue weighted by Gasteiger charge is -1.99. The summed E-state index contributed by atoms with van der Waals surface area (Å²) in [6.07, 6.45) is 2.77. The fourth-order valence-electron chi connectivity index (χ4n) is 0.890. The molecular weight excluding hydrogens is 198 g/mol. The number of azide groups is 1. The minimum absolute atomic E-state index is 0.130. The van der Waals surface area contributed by atoms with Crippen molar-refractivity contribution in [3.8, 4) is 0 Å². The summed E-state index contributed by atoms with van der Waals surface area (Å²) in [5.41, 5.74) is 8.13. The van der Waals surface area contributed by atoms with Crippen LogP contribution in [0.1, 0.15) is 12.7 Å². The van der Waals surface area contributed by atoms with Crippen molar-refractivity contribution in [2.45, 2.75) is 6.92 Å². The molecule has 0 aliphatic carbocycles. The monoisotopic (exact) mass is 207 g/mol. The smallest absolute Gasteiger partial charge is 0.340 e. The summed E-state index contributed by atoms with van der Waals surface area (Å²) < 4.78 is 9.66. The van der Waals surface area contributed by atoms with Crippen LogP contribution in [0.2, 0.25) is 0 Å². The molecule has 0 spiro atoms. The fourth-order valence-corrected chi connectivity index (χ4v) is 0.890. The van der Waals surface area contributed by atoms with Gasteiger partial charge in [0.1, 0.15) is 11.5 Å². The van der Waals surface area contributed by atoms with Crippen molar-refractivity contribution >= 4 is 12.0 Å². The number of furan rings is 1. The summed E-state index contributed by atoms with van der Waals surface area (Å²) in [7, 11) is 0. The van der Waals surface area contributed by atoms with Crippen LogP contribution in [0.15, 0.2) is 33.6 Å². The van der Waals surface area contributed by atoms with Crippen LogP contribution in [0.25, 0.3) is 16.5 Å². The average Bonchev–Trinajstić information content (AvgIpc) is 2.70. The Balaban J connectivity index is 2.92. The van der Waals surface area contributed by atoms with Crippen molar-refractivity contribution in [2.75, 3.05) is 6.61 Å². The Bertz CT molecular complexity index is 402. The highest BCUT2D eigenvalue weighted by molar-refractivity contribution is 5.92. The Hall–Kier alpha value is -2.20. The topological polar surface area (TPSA) is 88.2 Å². The fraction of sp³-hybridized carbons (Fsp3) is 0.222. The van der Waals surface area contributed by atoms with Crippen molar-refractivity contribution in [1.82, 2.24) is 0 Å². The molecular formula is C9H9N3O3. The molecule has 0 unspecified atom stereocenters. The number of carbonyl (C=O) groups is 1. The van der Waals surface area contributed by atoms with Crippen molar-refractivity contribution in [3.63, 3.8) is 0 Å². The normalized spacial score (nSPS) is 10.6. The van der Waals surface area contributed by atoms with Gasteiger partial charge in [-0.2, -0.15) is 0 Å². The van der Waals surface area contributed by atoms with Crippen LogP contribution in [0.4, 0.5) is 0 Å². The number of esters is 1. The van der Waals surface area contributed by atoms with Gasteiger partial charge in [-0.25, -0.2) is 4.79 Å². The molecule has 0 saturated heterocycles. The van der Waals surface area contributed by atoms with Crippen LogP contribution in [-0.4, -0.2) is 12.6 Å². The molecule has 0 radical (unpaired) electrons. The van der Waals surface area contributed by atoms with Gasteiger partial charge in [-0.3, -0.25) is 0 Å². The first-order valence-electron chi connectivity index (χ1n) is 4.25. The lowest BCUT2D eigenvalue weighted by molar-refractivity contribution is -0.138. The summed E-state index contributed by atoms with van der Waals surface area (Å²) in [5, 5.41) is 3.22. The van der Waals surface area contributed by atoms with Gasteiger partial charge >= 0.3 is 5.97 Å². The predicted molar refractivity (Wildman–Crippen MR) is 52.5 cm³/mol. The second kappa shape index (κ2) is 5.51. The summed E-state index contributed by atoms with van der Waals surface area (Å²) >= 11 is 0. The average molecular weight is 207 g/mol. The lowest BCUT2D eigenvalue weighted by atomic mass is 10.3. The molecule has 1 aromatic rings. The molecule has 0 fully saturated rings. The largest absolute Gasteiger partial charge is 0.465 e. The molecule has 1 aromatic heterocycles. The summed E-state index contributed by atoms with van der Waals surface area (Å²) in [6.45, 7) is 1.88. The van der Waals surface area contributed by atoms with Crippen LogP contribution in [0.3, 0.4) is 0 Å². The van der Waals surface area contributed by atoms with Gasteiger partial charge in [0.25, 0.3) is 0 Å². The SMILES string of the molecule is CCOC(=O)/C(=C/c1ccco1)N=[N+]=[N-]. The zero-order chi connectivity index (χ0) is 11.1. The van der Waals surface area contributed by atoms with Gasteiger partial charge in [-0.15, -0.1) is 0 Å². The molecule has 0 N–H and O–H groups in total. The molecule has 1 heterocycles. The molecule has 0 saturated carbocycles. The van der Waals surface area contributed by atoms with Crippen LogP contribution >= 0.6 is 0 Å². The number of carbonyl (C=O) groups excluding carboxylic acids is 1. The third-order valence-electron chi connectivity index (χ3n) is 1.46. The van der Waals surface area contributed by atoms with Gasteiger partial charge in [0, 0.05) is 4.91 Å². The van der Waals surface area contributed by atoms with E-state index in [1.807, 2.05) is 0 Å². The lowest BCUT2D eigenvalue weighted by Crippen LogP contribution is -2.05. The van der Waals surface area contributed by atoms with E-state index >= 15 is 0 Å². The minimum Gasteiger partial charge on any atom is -0.465 e. The number of nitrogens with zero attached hydrogens (tertiary/aromatic N) is 3. The second-order valence-electron chi connectivity index (χ2n) is 2.45. The molecule has 0 aromatic carbocycles. The van der Waals surface area contributed by atoms with Gasteiger partial charge in [0.05, 0.1) is 12.9 Å². The van der Waals surface area contributed by atoms with Crippen molar-refractivity contribution in [1.29, 1.82) is 0 Å². The Morgan fingerprint density at radius 1 is 1.80 bits per heavy atom. The highest BCUT2D eigenvalue weighted by Crippen LogP contribution is 2.10. The van der Waals surface area contributed by atoms with Crippen LogP contribution < -0.4 is 0 Å². The summed E-state index contributed by atoms with van der Waals surface area (Å²) in [5.74, 6) is -0.253. The zero-order valence-corrected chi connectivity index (χ0v) is 8.08. The molecule has 0 aliphatic heterocycles. The standard InChI is InChI=1S/C9H9N3O3/c1-2-14-9(13)8(11-12-10)6-7-4-3-5-15-7/h3-6H,2H2,1H3/b8-6-. The maximum atomic E-state index is 11.3. The minimum atomic E-state index is -0.674. The molecule has 15 heavy (non-hydrogen) atoms. The van der Waals surface area contributed by atoms with Gasteiger partial charge in [0.15, 0.2) is 0 Å². The molecule has 6 nitrogen and oxygen atoms in total. The number of ether oxygens (including phenoxy) is 1. The molecule has 78 valence electrons. The molecule has 6 heteroatoms. The van der Waals surface area contributed by atoms with Gasteiger partial charge in [-0.05, 0) is 30.7 Å². The Morgan fingerprint density at radius 2 is 2.60 bits per heavy atom. The highest BCUT2D eigenvalue weighted by atomic mass is 16.5. The number of hydrogen-bond acceptors (Lipinski definition) is 4. The van der Waals surface area contributed by atoms with Crippen molar-refractivity contribution < 1.29 is 13.9 Å². The highest BCUT2D eigenvalue weighted by Gasteiger charge is 2.08. The first-order chi connectivity index (χ1) is 7.27. The summed E-state index contributed by atoms with van der Waals surface area (Å²) in [4.78, 5) is 13.8. The first-order valence-corrected chi connectivity index (χ1v) is 4.25. The molecule has 1 rings (SSSR count). The van der Waals surface area contributed by atoms with E-state index in [1.54, 1.807) is 19.1 Å². The Kier molecular flexibility index (Phi) is 4.00. The third kappa shape index (κ3) is 3.21. The van der Waals surface area contributed by atoms with E-state index in [4.69, 9.17) is 14.7 Å². The maximum Gasteiger partial charge on any atom is 0.340 e. The molecule has 0 atom stereocenters. The van der Waals surface area contributed by atoms with E-state index in [9.17, 15) is 4.79 Å². The van der Waals surface area contributed by atoms with E-state index in [1.165, 1.54) is 12.3 Å². The third-order valence-corrected chi connectivity index (χ3v) is 1.46. The summed E-state index contributed by atoms with van der Waals surface area (Å²) in [6, 6.07) is 3.29. The number of rotatable bonds is 4. The Labute approximate surface area is 85.8 Å². The van der Waals surface area contributed by atoms with Crippen LogP contribution in [-0.2, 0) is 9.53 Å². The van der Waals surface area contributed by atoms with Crippen LogP contribution in [0, 0.1) is 0 Å². The zero-order valence-electron chi connectivity index (χ0n) is 8.08. The van der Waals surface area contributed by atoms with Crippen molar-refractivity contribution in [3.05, 3.63) is 40.3 Å². The molecule has 0 bridgehead atoms.